The summed E-state index contributed by atoms with van der Waals surface area (Å²) in [5, 5.41) is 4.79. The van der Waals surface area contributed by atoms with Crippen molar-refractivity contribution in [1.29, 1.82) is 0 Å². The van der Waals surface area contributed by atoms with Gasteiger partial charge in [-0.05, 0) is 23.6 Å². The smallest absolute Gasteiger partial charge is 0.257 e. The maximum Gasteiger partial charge on any atom is 0.257 e. The maximum absolute atomic E-state index is 13.1. The Hall–Kier alpha value is -4.20. The van der Waals surface area contributed by atoms with E-state index in [4.69, 9.17) is 9.72 Å². The number of carbonyl (C=O) groups excluding carboxylic acids is 1. The lowest BCUT2D eigenvalue weighted by atomic mass is 10.1. The Morgan fingerprint density at radius 1 is 0.879 bits per heavy atom. The van der Waals surface area contributed by atoms with Gasteiger partial charge in [-0.25, -0.2) is 15.0 Å². The SMILES string of the molecule is COc1cccc(NC(=O)c2cnc(N3CCN(c4ncccn4)CC3)c3ccccc23)c1. The molecular formula is C25H24N6O2. The van der Waals surface area contributed by atoms with Crippen molar-refractivity contribution >= 4 is 34.1 Å². The fourth-order valence-corrected chi connectivity index (χ4v) is 4.08. The highest BCUT2D eigenvalue weighted by Gasteiger charge is 2.22. The van der Waals surface area contributed by atoms with Gasteiger partial charge in [-0.1, -0.05) is 30.3 Å². The second-order valence-corrected chi connectivity index (χ2v) is 7.75. The van der Waals surface area contributed by atoms with Crippen LogP contribution in [0.5, 0.6) is 5.75 Å². The first kappa shape index (κ1) is 20.7. The van der Waals surface area contributed by atoms with Gasteiger partial charge in [0, 0.05) is 61.9 Å². The number of fused-ring (bicyclic) bond motifs is 1. The van der Waals surface area contributed by atoms with Gasteiger partial charge in [-0.2, -0.15) is 0 Å². The molecule has 3 heterocycles. The van der Waals surface area contributed by atoms with Crippen LogP contribution in [-0.4, -0.2) is 54.1 Å². The second-order valence-electron chi connectivity index (χ2n) is 7.75. The van der Waals surface area contributed by atoms with Crippen LogP contribution in [0.4, 0.5) is 17.5 Å². The van der Waals surface area contributed by atoms with Gasteiger partial charge >= 0.3 is 0 Å². The normalized spacial score (nSPS) is 13.7. The molecule has 4 aromatic rings. The highest BCUT2D eigenvalue weighted by molar-refractivity contribution is 6.14. The largest absolute Gasteiger partial charge is 0.497 e. The fourth-order valence-electron chi connectivity index (χ4n) is 4.08. The summed E-state index contributed by atoms with van der Waals surface area (Å²) in [5.41, 5.74) is 1.21. The molecule has 1 aliphatic rings. The number of ether oxygens (including phenoxy) is 1. The maximum atomic E-state index is 13.1. The molecule has 1 amide bonds. The summed E-state index contributed by atoms with van der Waals surface area (Å²) in [5.74, 6) is 2.12. The first-order valence-electron chi connectivity index (χ1n) is 10.8. The zero-order chi connectivity index (χ0) is 22.6. The molecule has 1 aliphatic heterocycles. The van der Waals surface area contributed by atoms with E-state index < -0.39 is 0 Å². The summed E-state index contributed by atoms with van der Waals surface area (Å²) in [6, 6.07) is 17.0. The Balaban J connectivity index is 1.39. The van der Waals surface area contributed by atoms with Crippen molar-refractivity contribution in [3.05, 3.63) is 78.8 Å². The third kappa shape index (κ3) is 4.27. The van der Waals surface area contributed by atoms with Crippen LogP contribution in [0.2, 0.25) is 0 Å². The van der Waals surface area contributed by atoms with E-state index in [2.05, 4.69) is 25.1 Å². The van der Waals surface area contributed by atoms with Crippen molar-refractivity contribution in [2.24, 2.45) is 0 Å². The Kier molecular flexibility index (Phi) is 5.72. The number of pyridine rings is 1. The van der Waals surface area contributed by atoms with E-state index in [1.54, 1.807) is 31.8 Å². The number of amides is 1. The predicted octanol–water partition coefficient (Wildman–Crippen LogP) is 3.61. The van der Waals surface area contributed by atoms with Crippen molar-refractivity contribution in [1.82, 2.24) is 15.0 Å². The molecule has 0 spiro atoms. The van der Waals surface area contributed by atoms with E-state index in [0.717, 1.165) is 48.7 Å². The monoisotopic (exact) mass is 440 g/mol. The lowest BCUT2D eigenvalue weighted by Gasteiger charge is -2.35. The molecule has 8 heteroatoms. The van der Waals surface area contributed by atoms with Gasteiger partial charge < -0.3 is 19.9 Å². The number of hydrogen-bond donors (Lipinski definition) is 1. The molecule has 0 aliphatic carbocycles. The minimum Gasteiger partial charge on any atom is -0.497 e. The molecule has 166 valence electrons. The Labute approximate surface area is 191 Å². The zero-order valence-electron chi connectivity index (χ0n) is 18.3. The molecule has 0 bridgehead atoms. The molecule has 5 rings (SSSR count). The van der Waals surface area contributed by atoms with Gasteiger partial charge in [0.05, 0.1) is 12.7 Å². The van der Waals surface area contributed by atoms with Gasteiger partial charge in [0.25, 0.3) is 5.91 Å². The number of rotatable bonds is 5. The number of nitrogens with zero attached hydrogens (tertiary/aromatic N) is 5. The molecule has 1 saturated heterocycles. The first-order chi connectivity index (χ1) is 16.2. The number of aromatic nitrogens is 3. The van der Waals surface area contributed by atoms with Gasteiger partial charge in [0.2, 0.25) is 5.95 Å². The van der Waals surface area contributed by atoms with Crippen molar-refractivity contribution in [2.75, 3.05) is 48.4 Å². The molecule has 0 unspecified atom stereocenters. The van der Waals surface area contributed by atoms with E-state index >= 15 is 0 Å². The number of nitrogens with one attached hydrogen (secondary N) is 1. The number of carbonyl (C=O) groups is 1. The quantitative estimate of drug-likeness (QED) is 0.508. The topological polar surface area (TPSA) is 83.5 Å². The van der Waals surface area contributed by atoms with Crippen LogP contribution >= 0.6 is 0 Å². The molecule has 0 saturated carbocycles. The number of piperazine rings is 1. The van der Waals surface area contributed by atoms with E-state index in [1.165, 1.54) is 0 Å². The van der Waals surface area contributed by atoms with Gasteiger partial charge in [-0.15, -0.1) is 0 Å². The Morgan fingerprint density at radius 2 is 1.61 bits per heavy atom. The van der Waals surface area contributed by atoms with Crippen molar-refractivity contribution in [3.63, 3.8) is 0 Å². The molecule has 0 atom stereocenters. The Bertz CT molecular complexity index is 1270. The number of methoxy groups -OCH3 is 1. The van der Waals surface area contributed by atoms with Crippen LogP contribution in [0, 0.1) is 0 Å². The molecule has 2 aromatic carbocycles. The Morgan fingerprint density at radius 3 is 2.36 bits per heavy atom. The summed E-state index contributed by atoms with van der Waals surface area (Å²) in [7, 11) is 1.60. The van der Waals surface area contributed by atoms with Crippen LogP contribution in [0.25, 0.3) is 10.8 Å². The number of benzene rings is 2. The lowest BCUT2D eigenvalue weighted by Crippen LogP contribution is -2.47. The van der Waals surface area contributed by atoms with Crippen LogP contribution in [-0.2, 0) is 0 Å². The van der Waals surface area contributed by atoms with Crippen LogP contribution in [0.1, 0.15) is 10.4 Å². The van der Waals surface area contributed by atoms with Crippen LogP contribution in [0.3, 0.4) is 0 Å². The third-order valence-electron chi connectivity index (χ3n) is 5.76. The van der Waals surface area contributed by atoms with Gasteiger partial charge in [0.1, 0.15) is 11.6 Å². The molecule has 8 nitrogen and oxygen atoms in total. The minimum atomic E-state index is -0.204. The highest BCUT2D eigenvalue weighted by atomic mass is 16.5. The van der Waals surface area contributed by atoms with Gasteiger partial charge in [0.15, 0.2) is 0 Å². The predicted molar refractivity (Wildman–Crippen MR) is 129 cm³/mol. The summed E-state index contributed by atoms with van der Waals surface area (Å²) in [4.78, 5) is 30.9. The fraction of sp³-hybridized carbons (Fsp3) is 0.200. The minimum absolute atomic E-state index is 0.204. The van der Waals surface area contributed by atoms with Crippen molar-refractivity contribution in [2.45, 2.75) is 0 Å². The van der Waals surface area contributed by atoms with Gasteiger partial charge in [-0.3, -0.25) is 4.79 Å². The molecular weight excluding hydrogens is 416 g/mol. The molecule has 33 heavy (non-hydrogen) atoms. The third-order valence-corrected chi connectivity index (χ3v) is 5.76. The van der Waals surface area contributed by atoms with Crippen molar-refractivity contribution < 1.29 is 9.53 Å². The molecule has 1 N–H and O–H groups in total. The van der Waals surface area contributed by atoms with Crippen LogP contribution in [0.15, 0.2) is 73.2 Å². The average molecular weight is 441 g/mol. The first-order valence-corrected chi connectivity index (χ1v) is 10.8. The number of hydrogen-bond acceptors (Lipinski definition) is 7. The van der Waals surface area contributed by atoms with E-state index in [1.807, 2.05) is 48.5 Å². The summed E-state index contributed by atoms with van der Waals surface area (Å²) in [6.07, 6.45) is 5.19. The highest BCUT2D eigenvalue weighted by Crippen LogP contribution is 2.29. The summed E-state index contributed by atoms with van der Waals surface area (Å²) >= 11 is 0. The van der Waals surface area contributed by atoms with E-state index in [-0.39, 0.29) is 5.91 Å². The molecule has 1 fully saturated rings. The average Bonchev–Trinajstić information content (AvgIpc) is 2.89. The lowest BCUT2D eigenvalue weighted by molar-refractivity contribution is 0.102. The second kappa shape index (κ2) is 9.12. The summed E-state index contributed by atoms with van der Waals surface area (Å²) in [6.45, 7) is 3.20. The van der Waals surface area contributed by atoms with E-state index in [0.29, 0.717) is 17.0 Å². The van der Waals surface area contributed by atoms with Crippen LogP contribution < -0.4 is 19.9 Å². The molecule has 2 aromatic heterocycles. The van der Waals surface area contributed by atoms with Crippen molar-refractivity contribution in [3.8, 4) is 5.75 Å². The standard InChI is InChI=1S/C25H24N6O2/c1-33-19-7-4-6-18(16-19)29-24(32)22-17-28-23(21-9-3-2-8-20(21)22)30-12-14-31(15-13-30)25-26-10-5-11-27-25/h2-11,16-17H,12-15H2,1H3,(H,29,32). The number of anilines is 3. The molecule has 0 radical (unpaired) electrons. The zero-order valence-corrected chi connectivity index (χ0v) is 18.3. The van der Waals surface area contributed by atoms with E-state index in [9.17, 15) is 4.79 Å². The summed E-state index contributed by atoms with van der Waals surface area (Å²) < 4.78 is 5.25.